The number of carbonyl (C=O) groups is 1. The zero-order valence-electron chi connectivity index (χ0n) is 6.74. The highest BCUT2D eigenvalue weighted by molar-refractivity contribution is 7.11. The summed E-state index contributed by atoms with van der Waals surface area (Å²) in [7, 11) is 0. The van der Waals surface area contributed by atoms with Crippen LogP contribution in [0.5, 0.6) is 0 Å². The first-order valence-corrected chi connectivity index (χ1v) is 4.47. The highest BCUT2D eigenvalue weighted by Crippen LogP contribution is 2.10. The molecule has 0 aromatic carbocycles. The molecule has 4 nitrogen and oxygen atoms in total. The molecule has 1 rings (SSSR count). The lowest BCUT2D eigenvalue weighted by atomic mass is 10.5. The highest BCUT2D eigenvalue weighted by atomic mass is 32.1. The molecular weight excluding hydrogens is 176 g/mol. The number of ether oxygens (including phenoxy) is 1. The van der Waals surface area contributed by atoms with Crippen molar-refractivity contribution in [1.82, 2.24) is 4.98 Å². The minimum absolute atomic E-state index is 0.357. The lowest BCUT2D eigenvalue weighted by Crippen LogP contribution is -2.05. The second-order valence-electron chi connectivity index (χ2n) is 2.07. The van der Waals surface area contributed by atoms with Crippen LogP contribution in [0.15, 0.2) is 5.38 Å². The van der Waals surface area contributed by atoms with Gasteiger partial charge in [-0.2, -0.15) is 0 Å². The summed E-state index contributed by atoms with van der Waals surface area (Å²) in [5.74, 6) is -0.373. The molecule has 0 aliphatic rings. The van der Waals surface area contributed by atoms with E-state index < -0.39 is 0 Å². The molecule has 0 amide bonds. The van der Waals surface area contributed by atoms with Crippen LogP contribution in [0.25, 0.3) is 0 Å². The summed E-state index contributed by atoms with van der Waals surface area (Å²) in [6.45, 7) is 2.49. The molecule has 0 spiro atoms. The number of rotatable bonds is 3. The Bertz CT molecular complexity index is 272. The predicted octanol–water partition coefficient (Wildman–Crippen LogP) is 0.779. The fraction of sp³-hybridized carbons (Fsp3) is 0.429. The summed E-state index contributed by atoms with van der Waals surface area (Å²) in [5, 5.41) is 2.13. The van der Waals surface area contributed by atoms with Crippen LogP contribution in [-0.2, 0) is 11.3 Å². The number of carbonyl (C=O) groups excluding carboxylic acids is 1. The number of esters is 1. The van der Waals surface area contributed by atoms with Crippen molar-refractivity contribution >= 4 is 17.3 Å². The average Bonchev–Trinajstić information content (AvgIpc) is 2.52. The molecule has 2 N–H and O–H groups in total. The van der Waals surface area contributed by atoms with Crippen molar-refractivity contribution in [2.75, 3.05) is 6.61 Å². The lowest BCUT2D eigenvalue weighted by Gasteiger charge is -1.95. The van der Waals surface area contributed by atoms with Crippen molar-refractivity contribution in [1.29, 1.82) is 0 Å². The van der Waals surface area contributed by atoms with Crippen molar-refractivity contribution in [3.8, 4) is 0 Å². The van der Waals surface area contributed by atoms with Crippen molar-refractivity contribution in [2.24, 2.45) is 5.73 Å². The second-order valence-corrected chi connectivity index (χ2v) is 2.93. The average molecular weight is 186 g/mol. The fourth-order valence-electron chi connectivity index (χ4n) is 0.687. The minimum Gasteiger partial charge on any atom is -0.461 e. The quantitative estimate of drug-likeness (QED) is 0.708. The van der Waals surface area contributed by atoms with E-state index in [1.807, 2.05) is 0 Å². The molecule has 1 aromatic heterocycles. The number of nitrogens with two attached hydrogens (primary N) is 1. The van der Waals surface area contributed by atoms with Crippen LogP contribution in [0.2, 0.25) is 0 Å². The molecule has 1 heterocycles. The van der Waals surface area contributed by atoms with Gasteiger partial charge < -0.3 is 10.5 Å². The van der Waals surface area contributed by atoms with Gasteiger partial charge in [0.1, 0.15) is 0 Å². The molecule has 12 heavy (non-hydrogen) atoms. The number of aromatic nitrogens is 1. The maximum atomic E-state index is 11.1. The molecule has 0 saturated heterocycles. The van der Waals surface area contributed by atoms with Crippen LogP contribution in [0.1, 0.15) is 22.4 Å². The molecule has 0 aliphatic heterocycles. The Morgan fingerprint density at radius 3 is 3.08 bits per heavy atom. The number of nitrogens with zero attached hydrogens (tertiary/aromatic N) is 1. The van der Waals surface area contributed by atoms with Gasteiger partial charge in [-0.1, -0.05) is 0 Å². The van der Waals surface area contributed by atoms with Gasteiger partial charge in [-0.25, -0.2) is 9.78 Å². The molecule has 0 atom stereocenters. The largest absolute Gasteiger partial charge is 0.461 e. The first kappa shape index (κ1) is 9.15. The normalized spacial score (nSPS) is 9.83. The van der Waals surface area contributed by atoms with Gasteiger partial charge in [0.15, 0.2) is 0 Å². The van der Waals surface area contributed by atoms with E-state index in [0.29, 0.717) is 18.2 Å². The van der Waals surface area contributed by atoms with E-state index >= 15 is 0 Å². The molecule has 0 aliphatic carbocycles. The van der Waals surface area contributed by atoms with Crippen LogP contribution < -0.4 is 5.73 Å². The van der Waals surface area contributed by atoms with Gasteiger partial charge in [0.2, 0.25) is 5.01 Å². The Labute approximate surface area is 74.4 Å². The second kappa shape index (κ2) is 4.18. The lowest BCUT2D eigenvalue weighted by molar-refractivity contribution is 0.0525. The molecule has 0 saturated carbocycles. The van der Waals surface area contributed by atoms with Crippen LogP contribution in [-0.4, -0.2) is 17.6 Å². The molecular formula is C7H10N2O2S. The summed E-state index contributed by atoms with van der Waals surface area (Å²) >= 11 is 1.26. The van der Waals surface area contributed by atoms with Gasteiger partial charge in [0.25, 0.3) is 0 Å². The van der Waals surface area contributed by atoms with Crippen molar-refractivity contribution in [3.63, 3.8) is 0 Å². The zero-order valence-corrected chi connectivity index (χ0v) is 7.56. The van der Waals surface area contributed by atoms with Gasteiger partial charge in [-0.3, -0.25) is 0 Å². The minimum atomic E-state index is -0.373. The third-order valence-corrected chi connectivity index (χ3v) is 2.08. The SMILES string of the molecule is CCOC(=O)c1nc(CN)cs1. The van der Waals surface area contributed by atoms with Crippen molar-refractivity contribution in [2.45, 2.75) is 13.5 Å². The maximum Gasteiger partial charge on any atom is 0.367 e. The summed E-state index contributed by atoms with van der Waals surface area (Å²) < 4.78 is 4.75. The Kier molecular flexibility index (Phi) is 3.19. The third kappa shape index (κ3) is 2.02. The number of hydrogen-bond donors (Lipinski definition) is 1. The molecule has 0 radical (unpaired) electrons. The Morgan fingerprint density at radius 2 is 2.58 bits per heavy atom. The molecule has 1 aromatic rings. The smallest absolute Gasteiger partial charge is 0.367 e. The van der Waals surface area contributed by atoms with E-state index in [2.05, 4.69) is 4.98 Å². The summed E-state index contributed by atoms with van der Waals surface area (Å²) in [6.07, 6.45) is 0. The van der Waals surface area contributed by atoms with Crippen LogP contribution in [0.3, 0.4) is 0 Å². The molecule has 5 heteroatoms. The third-order valence-electron chi connectivity index (χ3n) is 1.21. The molecule has 0 unspecified atom stereocenters. The number of thiazole rings is 1. The first-order valence-electron chi connectivity index (χ1n) is 3.59. The van der Waals surface area contributed by atoms with E-state index in [-0.39, 0.29) is 5.97 Å². The summed E-state index contributed by atoms with van der Waals surface area (Å²) in [6, 6.07) is 0. The van der Waals surface area contributed by atoms with Crippen molar-refractivity contribution < 1.29 is 9.53 Å². The van der Waals surface area contributed by atoms with E-state index in [9.17, 15) is 4.79 Å². The predicted molar refractivity (Wildman–Crippen MR) is 46.0 cm³/mol. The topological polar surface area (TPSA) is 65.2 Å². The van der Waals surface area contributed by atoms with Gasteiger partial charge in [-0.05, 0) is 6.92 Å². The van der Waals surface area contributed by atoms with Gasteiger partial charge >= 0.3 is 5.97 Å². The van der Waals surface area contributed by atoms with E-state index in [0.717, 1.165) is 5.69 Å². The van der Waals surface area contributed by atoms with E-state index in [4.69, 9.17) is 10.5 Å². The zero-order chi connectivity index (χ0) is 8.97. The Balaban J connectivity index is 2.68. The molecule has 66 valence electrons. The van der Waals surface area contributed by atoms with Crippen LogP contribution in [0.4, 0.5) is 0 Å². The Hall–Kier alpha value is -0.940. The van der Waals surface area contributed by atoms with Gasteiger partial charge in [-0.15, -0.1) is 11.3 Å². The Morgan fingerprint density at radius 1 is 1.83 bits per heavy atom. The van der Waals surface area contributed by atoms with E-state index in [1.165, 1.54) is 11.3 Å². The monoisotopic (exact) mass is 186 g/mol. The standard InChI is InChI=1S/C7H10N2O2S/c1-2-11-7(10)6-9-5(3-8)4-12-6/h4H,2-3,8H2,1H3. The van der Waals surface area contributed by atoms with Gasteiger partial charge in [0.05, 0.1) is 12.3 Å². The van der Waals surface area contributed by atoms with Crippen LogP contribution >= 0.6 is 11.3 Å². The van der Waals surface area contributed by atoms with Gasteiger partial charge in [0, 0.05) is 11.9 Å². The van der Waals surface area contributed by atoms with E-state index in [1.54, 1.807) is 12.3 Å². The summed E-state index contributed by atoms with van der Waals surface area (Å²) in [4.78, 5) is 15.0. The molecule has 0 fully saturated rings. The maximum absolute atomic E-state index is 11.1. The highest BCUT2D eigenvalue weighted by Gasteiger charge is 2.10. The van der Waals surface area contributed by atoms with Crippen LogP contribution in [0, 0.1) is 0 Å². The fourth-order valence-corrected chi connectivity index (χ4v) is 1.41. The number of hydrogen-bond acceptors (Lipinski definition) is 5. The summed E-state index contributed by atoms with van der Waals surface area (Å²) in [5.41, 5.74) is 6.05. The molecule has 0 bridgehead atoms. The first-order chi connectivity index (χ1) is 5.77. The van der Waals surface area contributed by atoms with Crippen molar-refractivity contribution in [3.05, 3.63) is 16.1 Å².